The number of nitrogens with zero attached hydrogens (tertiary/aromatic N) is 1. The lowest BCUT2D eigenvalue weighted by molar-refractivity contribution is -0.143. The highest BCUT2D eigenvalue weighted by atomic mass is 16.5. The van der Waals surface area contributed by atoms with Crippen LogP contribution in [0.1, 0.15) is 23.2 Å². The van der Waals surface area contributed by atoms with E-state index >= 15 is 0 Å². The number of methoxy groups -OCH3 is 1. The number of carbonyl (C=O) groups is 2. The molecule has 0 bridgehead atoms. The SMILES string of the molecule is COc1ccc(-c2cncc(C(=O)NCC3(C(=O)O)CC3)c2)cc1. The number of ether oxygens (including phenoxy) is 1. The number of nitrogens with one attached hydrogen (secondary N) is 1. The molecule has 24 heavy (non-hydrogen) atoms. The summed E-state index contributed by atoms with van der Waals surface area (Å²) in [6.45, 7) is 0.147. The van der Waals surface area contributed by atoms with Crippen molar-refractivity contribution < 1.29 is 19.4 Å². The quantitative estimate of drug-likeness (QED) is 0.850. The van der Waals surface area contributed by atoms with Crippen molar-refractivity contribution in [3.05, 3.63) is 48.3 Å². The third-order valence-corrected chi connectivity index (χ3v) is 4.32. The number of hydrogen-bond donors (Lipinski definition) is 2. The summed E-state index contributed by atoms with van der Waals surface area (Å²) in [7, 11) is 1.60. The molecule has 1 heterocycles. The molecule has 0 saturated heterocycles. The van der Waals surface area contributed by atoms with Crippen LogP contribution in [-0.4, -0.2) is 35.6 Å². The number of amides is 1. The lowest BCUT2D eigenvalue weighted by Gasteiger charge is -2.11. The van der Waals surface area contributed by atoms with Crippen LogP contribution in [0.2, 0.25) is 0 Å². The molecule has 3 rings (SSSR count). The minimum absolute atomic E-state index is 0.147. The van der Waals surface area contributed by atoms with E-state index in [1.165, 1.54) is 6.20 Å². The maximum atomic E-state index is 12.3. The number of hydrogen-bond acceptors (Lipinski definition) is 4. The van der Waals surface area contributed by atoms with Crippen LogP contribution in [0, 0.1) is 5.41 Å². The number of carbonyl (C=O) groups excluding carboxylic acids is 1. The molecule has 1 aliphatic rings. The normalized spacial score (nSPS) is 14.7. The Morgan fingerprint density at radius 3 is 2.50 bits per heavy atom. The molecule has 6 nitrogen and oxygen atoms in total. The van der Waals surface area contributed by atoms with Gasteiger partial charge in [0.25, 0.3) is 5.91 Å². The molecule has 0 atom stereocenters. The van der Waals surface area contributed by atoms with E-state index in [9.17, 15) is 9.59 Å². The Morgan fingerprint density at radius 2 is 1.92 bits per heavy atom. The lowest BCUT2D eigenvalue weighted by atomic mass is 10.1. The molecule has 0 spiro atoms. The van der Waals surface area contributed by atoms with Gasteiger partial charge in [0.15, 0.2) is 0 Å². The van der Waals surface area contributed by atoms with Gasteiger partial charge in [-0.2, -0.15) is 0 Å². The van der Waals surface area contributed by atoms with Gasteiger partial charge >= 0.3 is 5.97 Å². The van der Waals surface area contributed by atoms with Gasteiger partial charge in [0, 0.05) is 24.5 Å². The van der Waals surface area contributed by atoms with Crippen molar-refractivity contribution in [2.45, 2.75) is 12.8 Å². The zero-order valence-corrected chi connectivity index (χ0v) is 13.3. The maximum Gasteiger partial charge on any atom is 0.311 e. The van der Waals surface area contributed by atoms with Gasteiger partial charge in [0.1, 0.15) is 5.75 Å². The molecule has 124 valence electrons. The standard InChI is InChI=1S/C18H18N2O4/c1-24-15-4-2-12(3-5-15)13-8-14(10-19-9-13)16(21)20-11-18(6-7-18)17(22)23/h2-5,8-10H,6-7,11H2,1H3,(H,20,21)(H,22,23). The molecule has 1 aromatic heterocycles. The predicted molar refractivity (Wildman–Crippen MR) is 87.9 cm³/mol. The topological polar surface area (TPSA) is 88.5 Å². The number of pyridine rings is 1. The van der Waals surface area contributed by atoms with Crippen LogP contribution in [0.4, 0.5) is 0 Å². The molecule has 0 aliphatic heterocycles. The van der Waals surface area contributed by atoms with Crippen LogP contribution in [0.15, 0.2) is 42.7 Å². The predicted octanol–water partition coefficient (Wildman–Crippen LogP) is 2.35. The number of aromatic nitrogens is 1. The number of carboxylic acids is 1. The largest absolute Gasteiger partial charge is 0.497 e. The fraction of sp³-hybridized carbons (Fsp3) is 0.278. The zero-order valence-electron chi connectivity index (χ0n) is 13.3. The highest BCUT2D eigenvalue weighted by Crippen LogP contribution is 2.45. The smallest absolute Gasteiger partial charge is 0.311 e. The number of benzene rings is 1. The first kappa shape index (κ1) is 16.0. The molecule has 1 aliphatic carbocycles. The average molecular weight is 326 g/mol. The highest BCUT2D eigenvalue weighted by molar-refractivity contribution is 5.95. The van der Waals surface area contributed by atoms with E-state index in [1.54, 1.807) is 19.4 Å². The molecule has 2 N–H and O–H groups in total. The Labute approximate surface area is 139 Å². The molecule has 6 heteroatoms. The summed E-state index contributed by atoms with van der Waals surface area (Å²) in [4.78, 5) is 27.5. The molecule has 1 aromatic carbocycles. The fourth-order valence-electron chi connectivity index (χ4n) is 2.47. The van der Waals surface area contributed by atoms with E-state index in [0.29, 0.717) is 18.4 Å². The van der Waals surface area contributed by atoms with E-state index in [0.717, 1.165) is 16.9 Å². The summed E-state index contributed by atoms with van der Waals surface area (Å²) < 4.78 is 5.13. The van der Waals surface area contributed by atoms with Gasteiger partial charge in [-0.1, -0.05) is 12.1 Å². The van der Waals surface area contributed by atoms with Gasteiger partial charge in [0.05, 0.1) is 18.1 Å². The maximum absolute atomic E-state index is 12.3. The van der Waals surface area contributed by atoms with Crippen LogP contribution in [0.3, 0.4) is 0 Å². The summed E-state index contributed by atoms with van der Waals surface area (Å²) in [5, 5.41) is 11.8. The lowest BCUT2D eigenvalue weighted by Crippen LogP contribution is -2.34. The Kier molecular flexibility index (Phi) is 4.20. The minimum Gasteiger partial charge on any atom is -0.497 e. The van der Waals surface area contributed by atoms with Crippen molar-refractivity contribution in [2.24, 2.45) is 5.41 Å². The van der Waals surface area contributed by atoms with Gasteiger partial charge in [-0.05, 0) is 36.6 Å². The van der Waals surface area contributed by atoms with E-state index in [-0.39, 0.29) is 12.5 Å². The van der Waals surface area contributed by atoms with Gasteiger partial charge < -0.3 is 15.2 Å². The molecule has 1 fully saturated rings. The molecule has 2 aromatic rings. The fourth-order valence-corrected chi connectivity index (χ4v) is 2.47. The second-order valence-electron chi connectivity index (χ2n) is 5.96. The van der Waals surface area contributed by atoms with E-state index < -0.39 is 11.4 Å². The molecular formula is C18H18N2O4. The number of aliphatic carboxylic acids is 1. The molecular weight excluding hydrogens is 308 g/mol. The van der Waals surface area contributed by atoms with Gasteiger partial charge in [-0.25, -0.2) is 0 Å². The third-order valence-electron chi connectivity index (χ3n) is 4.32. The third kappa shape index (κ3) is 3.22. The monoisotopic (exact) mass is 326 g/mol. The summed E-state index contributed by atoms with van der Waals surface area (Å²) in [5.41, 5.74) is 1.35. The number of carboxylic acid groups (broad SMARTS) is 1. The highest BCUT2D eigenvalue weighted by Gasteiger charge is 2.50. The van der Waals surface area contributed by atoms with Crippen molar-refractivity contribution >= 4 is 11.9 Å². The van der Waals surface area contributed by atoms with E-state index in [1.807, 2.05) is 24.3 Å². The first-order chi connectivity index (χ1) is 11.5. The second-order valence-corrected chi connectivity index (χ2v) is 5.96. The van der Waals surface area contributed by atoms with Crippen molar-refractivity contribution in [3.63, 3.8) is 0 Å². The molecule has 0 unspecified atom stereocenters. The Balaban J connectivity index is 1.72. The van der Waals surface area contributed by atoms with Crippen LogP contribution >= 0.6 is 0 Å². The Morgan fingerprint density at radius 1 is 1.21 bits per heavy atom. The van der Waals surface area contributed by atoms with E-state index in [4.69, 9.17) is 9.84 Å². The van der Waals surface area contributed by atoms with Crippen LogP contribution in [0.5, 0.6) is 5.75 Å². The van der Waals surface area contributed by atoms with Gasteiger partial charge in [-0.15, -0.1) is 0 Å². The molecule has 1 saturated carbocycles. The zero-order chi connectivity index (χ0) is 17.2. The first-order valence-electron chi connectivity index (χ1n) is 7.65. The first-order valence-corrected chi connectivity index (χ1v) is 7.65. The Bertz CT molecular complexity index is 767. The summed E-state index contributed by atoms with van der Waals surface area (Å²) in [6, 6.07) is 9.20. The van der Waals surface area contributed by atoms with Crippen LogP contribution in [0.25, 0.3) is 11.1 Å². The minimum atomic E-state index is -0.854. The molecule has 1 amide bonds. The summed E-state index contributed by atoms with van der Waals surface area (Å²) in [5.74, 6) is -0.415. The van der Waals surface area contributed by atoms with Crippen LogP contribution in [-0.2, 0) is 4.79 Å². The van der Waals surface area contributed by atoms with E-state index in [2.05, 4.69) is 10.3 Å². The Hall–Kier alpha value is -2.89. The average Bonchev–Trinajstić information content (AvgIpc) is 3.41. The second kappa shape index (κ2) is 6.31. The van der Waals surface area contributed by atoms with Crippen molar-refractivity contribution in [1.29, 1.82) is 0 Å². The van der Waals surface area contributed by atoms with Crippen molar-refractivity contribution in [2.75, 3.05) is 13.7 Å². The summed E-state index contributed by atoms with van der Waals surface area (Å²) in [6.07, 6.45) is 4.36. The van der Waals surface area contributed by atoms with Gasteiger partial charge in [-0.3, -0.25) is 14.6 Å². The van der Waals surface area contributed by atoms with Crippen LogP contribution < -0.4 is 10.1 Å². The summed E-state index contributed by atoms with van der Waals surface area (Å²) >= 11 is 0. The molecule has 0 radical (unpaired) electrons. The van der Waals surface area contributed by atoms with Crippen molar-refractivity contribution in [3.8, 4) is 16.9 Å². The van der Waals surface area contributed by atoms with Crippen molar-refractivity contribution in [1.82, 2.24) is 10.3 Å². The van der Waals surface area contributed by atoms with Gasteiger partial charge in [0.2, 0.25) is 0 Å². The number of rotatable bonds is 6.